The molecular formula is C13H13N3O4S. The molecule has 1 amide bonds. The van der Waals surface area contributed by atoms with Crippen LogP contribution in [0.5, 0.6) is 5.75 Å². The number of carbonyl (C=O) groups is 1. The molecule has 0 spiro atoms. The van der Waals surface area contributed by atoms with Gasteiger partial charge in [-0.05, 0) is 30.3 Å². The number of phenolic OH excluding ortho intramolecular Hbond substituents is 1. The average Bonchev–Trinajstić information content (AvgIpc) is 2.37. The fraction of sp³-hybridized carbons (Fsp3) is 0. The van der Waals surface area contributed by atoms with Crippen LogP contribution >= 0.6 is 0 Å². The number of amides is 1. The second kappa shape index (κ2) is 5.81. The Morgan fingerprint density at radius 2 is 1.71 bits per heavy atom. The Morgan fingerprint density at radius 1 is 1.05 bits per heavy atom. The minimum absolute atomic E-state index is 0.113. The van der Waals surface area contributed by atoms with Gasteiger partial charge in [0.2, 0.25) is 0 Å². The van der Waals surface area contributed by atoms with Crippen molar-refractivity contribution in [3.63, 3.8) is 0 Å². The number of aromatic hydroxyl groups is 1. The van der Waals surface area contributed by atoms with Crippen LogP contribution in [0.4, 0.5) is 11.4 Å². The molecule has 0 heterocycles. The molecule has 0 aliphatic carbocycles. The van der Waals surface area contributed by atoms with Gasteiger partial charge in [-0.15, -0.1) is 0 Å². The highest BCUT2D eigenvalue weighted by atomic mass is 32.2. The van der Waals surface area contributed by atoms with E-state index in [0.29, 0.717) is 5.69 Å². The minimum atomic E-state index is -3.88. The molecule has 0 aliphatic rings. The van der Waals surface area contributed by atoms with E-state index < -0.39 is 16.1 Å². The molecule has 110 valence electrons. The first-order valence-electron chi connectivity index (χ1n) is 5.85. The zero-order valence-corrected chi connectivity index (χ0v) is 11.6. The fourth-order valence-corrected chi connectivity index (χ4v) is 2.14. The molecule has 21 heavy (non-hydrogen) atoms. The zero-order chi connectivity index (χ0) is 15.5. The molecule has 2 aromatic carbocycles. The summed E-state index contributed by atoms with van der Waals surface area (Å²) in [6.45, 7) is 0. The molecule has 7 nitrogen and oxygen atoms in total. The monoisotopic (exact) mass is 307 g/mol. The van der Waals surface area contributed by atoms with E-state index >= 15 is 0 Å². The Hall–Kier alpha value is -2.58. The summed E-state index contributed by atoms with van der Waals surface area (Å²) < 4.78 is 24.0. The highest BCUT2D eigenvalue weighted by molar-refractivity contribution is 7.90. The van der Waals surface area contributed by atoms with Crippen LogP contribution in [0.1, 0.15) is 10.4 Å². The van der Waals surface area contributed by atoms with Gasteiger partial charge in [0.25, 0.3) is 16.1 Å². The SMILES string of the molecule is NS(=O)(=O)Nc1cccc(NC(=O)c2ccccc2O)c1. The van der Waals surface area contributed by atoms with Crippen molar-refractivity contribution in [2.75, 3.05) is 10.0 Å². The van der Waals surface area contributed by atoms with Gasteiger partial charge in [0, 0.05) is 5.69 Å². The molecule has 0 bridgehead atoms. The third-order valence-corrected chi connectivity index (χ3v) is 3.05. The van der Waals surface area contributed by atoms with Gasteiger partial charge in [0.1, 0.15) is 5.75 Å². The van der Waals surface area contributed by atoms with Gasteiger partial charge in [-0.25, -0.2) is 5.14 Å². The molecule has 0 saturated heterocycles. The van der Waals surface area contributed by atoms with Crippen LogP contribution in [0.15, 0.2) is 48.5 Å². The number of carbonyl (C=O) groups excluding carboxylic acids is 1. The number of para-hydroxylation sites is 1. The van der Waals surface area contributed by atoms with Crippen molar-refractivity contribution in [1.29, 1.82) is 0 Å². The predicted octanol–water partition coefficient (Wildman–Crippen LogP) is 1.26. The number of nitrogens with one attached hydrogen (secondary N) is 2. The maximum atomic E-state index is 12.0. The van der Waals surface area contributed by atoms with E-state index in [1.807, 2.05) is 0 Å². The first-order valence-corrected chi connectivity index (χ1v) is 7.40. The Balaban J connectivity index is 2.19. The topological polar surface area (TPSA) is 122 Å². The van der Waals surface area contributed by atoms with Crippen LogP contribution in [0.2, 0.25) is 0 Å². The summed E-state index contributed by atoms with van der Waals surface area (Å²) in [7, 11) is -3.88. The molecular weight excluding hydrogens is 294 g/mol. The average molecular weight is 307 g/mol. The van der Waals surface area contributed by atoms with Crippen molar-refractivity contribution in [2.24, 2.45) is 5.14 Å². The lowest BCUT2D eigenvalue weighted by Crippen LogP contribution is -2.21. The molecule has 0 fully saturated rings. The first kappa shape index (κ1) is 14.8. The molecule has 2 aromatic rings. The van der Waals surface area contributed by atoms with Crippen molar-refractivity contribution < 1.29 is 18.3 Å². The summed E-state index contributed by atoms with van der Waals surface area (Å²) in [5.74, 6) is -0.658. The van der Waals surface area contributed by atoms with E-state index in [9.17, 15) is 18.3 Å². The number of nitrogens with two attached hydrogens (primary N) is 1. The molecule has 0 aromatic heterocycles. The Bertz CT molecular complexity index is 774. The molecule has 0 unspecified atom stereocenters. The minimum Gasteiger partial charge on any atom is -0.507 e. The predicted molar refractivity (Wildman–Crippen MR) is 79.2 cm³/mol. The van der Waals surface area contributed by atoms with Gasteiger partial charge in [0.15, 0.2) is 0 Å². The number of rotatable bonds is 4. The van der Waals surface area contributed by atoms with Crippen molar-refractivity contribution in [1.82, 2.24) is 0 Å². The van der Waals surface area contributed by atoms with E-state index in [4.69, 9.17) is 5.14 Å². The van der Waals surface area contributed by atoms with E-state index in [2.05, 4.69) is 10.0 Å². The summed E-state index contributed by atoms with van der Waals surface area (Å²) in [4.78, 5) is 12.0. The van der Waals surface area contributed by atoms with Crippen LogP contribution < -0.4 is 15.2 Å². The molecule has 0 saturated carbocycles. The molecule has 0 aliphatic heterocycles. The van der Waals surface area contributed by atoms with Gasteiger partial charge >= 0.3 is 0 Å². The molecule has 2 rings (SSSR count). The van der Waals surface area contributed by atoms with E-state index in [1.54, 1.807) is 24.3 Å². The quantitative estimate of drug-likeness (QED) is 0.679. The molecule has 0 radical (unpaired) electrons. The number of anilines is 2. The number of hydrogen-bond acceptors (Lipinski definition) is 4. The summed E-state index contributed by atoms with van der Waals surface area (Å²) in [6.07, 6.45) is 0. The van der Waals surface area contributed by atoms with Crippen LogP contribution in [0.25, 0.3) is 0 Å². The number of benzene rings is 2. The van der Waals surface area contributed by atoms with Gasteiger partial charge in [-0.2, -0.15) is 8.42 Å². The lowest BCUT2D eigenvalue weighted by atomic mass is 10.2. The third-order valence-electron chi connectivity index (χ3n) is 2.53. The van der Waals surface area contributed by atoms with Gasteiger partial charge < -0.3 is 10.4 Å². The van der Waals surface area contributed by atoms with Crippen LogP contribution in [0, 0.1) is 0 Å². The molecule has 5 N–H and O–H groups in total. The highest BCUT2D eigenvalue weighted by Crippen LogP contribution is 2.20. The smallest absolute Gasteiger partial charge is 0.296 e. The van der Waals surface area contributed by atoms with Crippen LogP contribution in [0.3, 0.4) is 0 Å². The Morgan fingerprint density at radius 3 is 2.38 bits per heavy atom. The first-order chi connectivity index (χ1) is 9.85. The van der Waals surface area contributed by atoms with E-state index in [0.717, 1.165) is 0 Å². The van der Waals surface area contributed by atoms with Gasteiger partial charge in [-0.3, -0.25) is 9.52 Å². The maximum Gasteiger partial charge on any atom is 0.296 e. The second-order valence-electron chi connectivity index (χ2n) is 4.20. The Kier molecular flexibility index (Phi) is 4.10. The Labute approximate surface area is 121 Å². The van der Waals surface area contributed by atoms with Crippen LogP contribution in [-0.4, -0.2) is 19.4 Å². The normalized spacial score (nSPS) is 10.9. The summed E-state index contributed by atoms with van der Waals surface area (Å²) in [6, 6.07) is 12.1. The van der Waals surface area contributed by atoms with Crippen molar-refractivity contribution >= 4 is 27.5 Å². The highest BCUT2D eigenvalue weighted by Gasteiger charge is 2.11. The lowest BCUT2D eigenvalue weighted by molar-refractivity contribution is 0.102. The third kappa shape index (κ3) is 4.20. The number of phenols is 1. The maximum absolute atomic E-state index is 12.0. The van der Waals surface area contributed by atoms with E-state index in [-0.39, 0.29) is 17.0 Å². The zero-order valence-electron chi connectivity index (χ0n) is 10.8. The summed E-state index contributed by atoms with van der Waals surface area (Å²) >= 11 is 0. The summed E-state index contributed by atoms with van der Waals surface area (Å²) in [5.41, 5.74) is 0.687. The van der Waals surface area contributed by atoms with Gasteiger partial charge in [0.05, 0.1) is 11.3 Å². The fourth-order valence-electron chi connectivity index (χ4n) is 1.69. The molecule has 8 heteroatoms. The van der Waals surface area contributed by atoms with Gasteiger partial charge in [-0.1, -0.05) is 18.2 Å². The summed E-state index contributed by atoms with van der Waals surface area (Å²) in [5, 5.41) is 17.0. The molecule has 0 atom stereocenters. The van der Waals surface area contributed by atoms with Crippen molar-refractivity contribution in [3.05, 3.63) is 54.1 Å². The van der Waals surface area contributed by atoms with Crippen molar-refractivity contribution in [2.45, 2.75) is 0 Å². The number of hydrogen-bond donors (Lipinski definition) is 4. The van der Waals surface area contributed by atoms with E-state index in [1.165, 1.54) is 24.3 Å². The lowest BCUT2D eigenvalue weighted by Gasteiger charge is -2.09. The second-order valence-corrected chi connectivity index (χ2v) is 5.49. The van der Waals surface area contributed by atoms with Crippen molar-refractivity contribution in [3.8, 4) is 5.75 Å². The van der Waals surface area contributed by atoms with Crippen LogP contribution in [-0.2, 0) is 10.2 Å². The largest absolute Gasteiger partial charge is 0.507 e. The standard InChI is InChI=1S/C13H13N3O4S/c14-21(19,20)16-10-5-3-4-9(8-10)15-13(18)11-6-1-2-7-12(11)17/h1-8,16-17H,(H,15,18)(H2,14,19,20).